The molecule has 0 aromatic heterocycles. The molecule has 21 heavy (non-hydrogen) atoms. The molecule has 110 valence electrons. The highest BCUT2D eigenvalue weighted by molar-refractivity contribution is 9.10. The van der Waals surface area contributed by atoms with Crippen LogP contribution in [0.25, 0.3) is 0 Å². The van der Waals surface area contributed by atoms with E-state index >= 15 is 0 Å². The molecule has 2 amide bonds. The minimum absolute atomic E-state index is 0.108. The van der Waals surface area contributed by atoms with Crippen LogP contribution < -0.4 is 11.1 Å². The van der Waals surface area contributed by atoms with Crippen molar-refractivity contribution in [3.63, 3.8) is 0 Å². The van der Waals surface area contributed by atoms with Crippen LogP contribution in [0.1, 0.15) is 24.8 Å². The third-order valence-corrected chi connectivity index (χ3v) is 5.67. The molecule has 3 aliphatic heterocycles. The number of primary amides is 1. The van der Waals surface area contributed by atoms with Crippen molar-refractivity contribution < 1.29 is 9.59 Å². The number of amides is 2. The van der Waals surface area contributed by atoms with E-state index in [1.165, 1.54) is 0 Å². The highest BCUT2D eigenvalue weighted by Gasteiger charge is 2.65. The maximum Gasteiger partial charge on any atom is 0.250 e. The number of nitrogens with zero attached hydrogens (tertiary/aromatic N) is 1. The van der Waals surface area contributed by atoms with E-state index in [-0.39, 0.29) is 17.9 Å². The molecule has 3 atom stereocenters. The van der Waals surface area contributed by atoms with Crippen molar-refractivity contribution >= 4 is 33.4 Å². The number of nitrogens with one attached hydrogen (secondary N) is 1. The first kappa shape index (κ1) is 13.3. The first-order chi connectivity index (χ1) is 10.0. The zero-order valence-corrected chi connectivity index (χ0v) is 13.0. The molecule has 3 aliphatic rings. The number of hydrogen-bond acceptors (Lipinski definition) is 3. The highest BCUT2D eigenvalue weighted by Crippen LogP contribution is 2.55. The van der Waals surface area contributed by atoms with Crippen LogP contribution in [0.5, 0.6) is 0 Å². The first-order valence-electron chi connectivity index (χ1n) is 7.22. The van der Waals surface area contributed by atoms with Gasteiger partial charge in [-0.2, -0.15) is 0 Å². The maximum atomic E-state index is 12.8. The van der Waals surface area contributed by atoms with E-state index in [1.807, 2.05) is 18.2 Å². The Morgan fingerprint density at radius 2 is 2.29 bits per heavy atom. The molecular formula is C15H16BrN3O2. The Kier molecular flexibility index (Phi) is 2.72. The Labute approximate surface area is 131 Å². The van der Waals surface area contributed by atoms with E-state index < -0.39 is 11.5 Å². The van der Waals surface area contributed by atoms with Crippen LogP contribution in [0.15, 0.2) is 22.7 Å². The third kappa shape index (κ3) is 1.54. The first-order valence-corrected chi connectivity index (χ1v) is 8.02. The maximum absolute atomic E-state index is 12.8. The molecule has 1 aromatic rings. The van der Waals surface area contributed by atoms with Crippen molar-refractivity contribution in [3.8, 4) is 0 Å². The van der Waals surface area contributed by atoms with Gasteiger partial charge in [0.25, 0.3) is 0 Å². The second kappa shape index (κ2) is 4.30. The molecule has 3 heterocycles. The fourth-order valence-corrected chi connectivity index (χ4v) is 4.78. The van der Waals surface area contributed by atoms with E-state index in [0.29, 0.717) is 6.42 Å². The van der Waals surface area contributed by atoms with Gasteiger partial charge in [0, 0.05) is 21.8 Å². The normalized spacial score (nSPS) is 34.0. The number of hydrogen-bond donors (Lipinski definition) is 2. The topological polar surface area (TPSA) is 75.4 Å². The van der Waals surface area contributed by atoms with Crippen molar-refractivity contribution in [2.45, 2.75) is 30.8 Å². The lowest BCUT2D eigenvalue weighted by Crippen LogP contribution is -2.53. The van der Waals surface area contributed by atoms with Crippen LogP contribution in [0, 0.1) is 5.92 Å². The predicted octanol–water partition coefficient (Wildman–Crippen LogP) is 1.57. The number of rotatable bonds is 1. The summed E-state index contributed by atoms with van der Waals surface area (Å²) in [6, 6.07) is 6.00. The lowest BCUT2D eigenvalue weighted by molar-refractivity contribution is -0.135. The lowest BCUT2D eigenvalue weighted by atomic mass is 9.78. The van der Waals surface area contributed by atoms with Crippen LogP contribution in [-0.4, -0.2) is 29.3 Å². The number of halogens is 1. The Morgan fingerprint density at radius 1 is 1.48 bits per heavy atom. The molecular weight excluding hydrogens is 334 g/mol. The molecule has 2 saturated heterocycles. The fraction of sp³-hybridized carbons (Fsp3) is 0.467. The Balaban J connectivity index is 1.97. The Hall–Kier alpha value is -1.40. The van der Waals surface area contributed by atoms with E-state index in [1.54, 1.807) is 0 Å². The van der Waals surface area contributed by atoms with Crippen LogP contribution >= 0.6 is 15.9 Å². The van der Waals surface area contributed by atoms with Crippen molar-refractivity contribution in [2.75, 3.05) is 11.9 Å². The van der Waals surface area contributed by atoms with Crippen LogP contribution in [0.2, 0.25) is 0 Å². The number of carbonyl (C=O) groups is 2. The summed E-state index contributed by atoms with van der Waals surface area (Å²) in [6.07, 6.45) is 2.77. The number of fused-ring (bicyclic) bond motifs is 4. The number of carbonyl (C=O) groups excluding carboxylic acids is 2. The predicted molar refractivity (Wildman–Crippen MR) is 81.5 cm³/mol. The van der Waals surface area contributed by atoms with E-state index in [0.717, 1.165) is 35.1 Å². The molecule has 3 N–H and O–H groups in total. The van der Waals surface area contributed by atoms with Gasteiger partial charge in [0.2, 0.25) is 11.8 Å². The van der Waals surface area contributed by atoms with E-state index in [2.05, 4.69) is 26.1 Å². The molecule has 4 rings (SSSR count). The molecule has 0 aliphatic carbocycles. The molecule has 6 heteroatoms. The zero-order valence-electron chi connectivity index (χ0n) is 11.4. The van der Waals surface area contributed by atoms with Gasteiger partial charge in [-0.25, -0.2) is 0 Å². The number of nitrogens with two attached hydrogens (primary N) is 1. The van der Waals surface area contributed by atoms with Gasteiger partial charge in [0.15, 0.2) is 0 Å². The summed E-state index contributed by atoms with van der Waals surface area (Å²) in [6.45, 7) is 0.841. The van der Waals surface area contributed by atoms with Crippen molar-refractivity contribution in [1.82, 2.24) is 4.90 Å². The average Bonchev–Trinajstić information content (AvgIpc) is 3.06. The van der Waals surface area contributed by atoms with Crippen molar-refractivity contribution in [2.24, 2.45) is 11.7 Å². The van der Waals surface area contributed by atoms with Gasteiger partial charge in [-0.3, -0.25) is 14.5 Å². The molecule has 0 unspecified atom stereocenters. The molecule has 5 nitrogen and oxygen atoms in total. The van der Waals surface area contributed by atoms with Crippen LogP contribution in [-0.2, 0) is 15.1 Å². The third-order valence-electron chi connectivity index (χ3n) is 5.17. The SMILES string of the molecule is NC(=O)[C@@H]1C[C@H]2CCCN2[C@@]12C(=O)Nc1ccc(Br)cc12. The van der Waals surface area contributed by atoms with E-state index in [4.69, 9.17) is 5.73 Å². The largest absolute Gasteiger partial charge is 0.369 e. The summed E-state index contributed by atoms with van der Waals surface area (Å²) >= 11 is 3.47. The molecule has 2 fully saturated rings. The fourth-order valence-electron chi connectivity index (χ4n) is 4.42. The van der Waals surface area contributed by atoms with Gasteiger partial charge >= 0.3 is 0 Å². The van der Waals surface area contributed by atoms with Gasteiger partial charge in [0.05, 0.1) is 5.92 Å². The van der Waals surface area contributed by atoms with Gasteiger partial charge in [-0.05, 0) is 44.0 Å². The molecule has 0 bridgehead atoms. The van der Waals surface area contributed by atoms with Crippen LogP contribution in [0.3, 0.4) is 0 Å². The minimum Gasteiger partial charge on any atom is -0.369 e. The van der Waals surface area contributed by atoms with Crippen molar-refractivity contribution in [3.05, 3.63) is 28.2 Å². The van der Waals surface area contributed by atoms with Gasteiger partial charge in [-0.15, -0.1) is 0 Å². The van der Waals surface area contributed by atoms with E-state index in [9.17, 15) is 9.59 Å². The number of benzene rings is 1. The monoisotopic (exact) mass is 349 g/mol. The second-order valence-electron chi connectivity index (χ2n) is 6.09. The number of anilines is 1. The average molecular weight is 350 g/mol. The Bertz CT molecular complexity index is 662. The van der Waals surface area contributed by atoms with Gasteiger partial charge < -0.3 is 11.1 Å². The zero-order chi connectivity index (χ0) is 14.8. The minimum atomic E-state index is -0.911. The Morgan fingerprint density at radius 3 is 3.05 bits per heavy atom. The lowest BCUT2D eigenvalue weighted by Gasteiger charge is -2.36. The summed E-state index contributed by atoms with van der Waals surface area (Å²) in [5.41, 5.74) is 6.42. The van der Waals surface area contributed by atoms with Crippen LogP contribution in [0.4, 0.5) is 5.69 Å². The summed E-state index contributed by atoms with van der Waals surface area (Å²) in [4.78, 5) is 27.1. The smallest absolute Gasteiger partial charge is 0.250 e. The second-order valence-corrected chi connectivity index (χ2v) is 7.01. The molecule has 0 saturated carbocycles. The van der Waals surface area contributed by atoms with Gasteiger partial charge in [0.1, 0.15) is 5.54 Å². The highest BCUT2D eigenvalue weighted by atomic mass is 79.9. The standard InChI is InChI=1S/C15H16BrN3O2/c16-8-3-4-12-10(6-8)15(14(21)18-12)11(13(17)20)7-9-2-1-5-19(9)15/h3-4,6,9,11H,1-2,5,7H2,(H2,17,20)(H,18,21)/t9-,11+,15-/m1/s1. The van der Waals surface area contributed by atoms with Gasteiger partial charge in [-0.1, -0.05) is 15.9 Å². The molecule has 1 spiro atoms. The molecule has 0 radical (unpaired) electrons. The summed E-state index contributed by atoms with van der Waals surface area (Å²) in [5, 5.41) is 2.95. The molecule has 1 aromatic carbocycles. The summed E-state index contributed by atoms with van der Waals surface area (Å²) in [7, 11) is 0. The summed E-state index contributed by atoms with van der Waals surface area (Å²) in [5.74, 6) is -0.950. The van der Waals surface area contributed by atoms with Crippen molar-refractivity contribution in [1.29, 1.82) is 0 Å². The quantitative estimate of drug-likeness (QED) is 0.807. The summed E-state index contributed by atoms with van der Waals surface area (Å²) < 4.78 is 0.906.